The molecule has 6 heteroatoms. The summed E-state index contributed by atoms with van der Waals surface area (Å²) in [5.74, 6) is -1.31. The molecule has 0 fully saturated rings. The number of carbonyl (C=O) groups excluding carboxylic acids is 2. The van der Waals surface area contributed by atoms with Crippen LogP contribution in [0.15, 0.2) is 18.2 Å². The second kappa shape index (κ2) is 6.02. The third kappa shape index (κ3) is 3.74. The molecule has 0 aromatic heterocycles. The first-order chi connectivity index (χ1) is 8.43. The topological polar surface area (TPSA) is 93.1 Å². The van der Waals surface area contributed by atoms with Crippen LogP contribution in [0.2, 0.25) is 0 Å². The molecule has 0 spiro atoms. The summed E-state index contributed by atoms with van der Waals surface area (Å²) in [6, 6.07) is 4.15. The fourth-order valence-corrected chi connectivity index (χ4v) is 1.34. The third-order valence-corrected chi connectivity index (χ3v) is 2.09. The lowest BCUT2D eigenvalue weighted by Gasteiger charge is -2.17. The predicted octanol–water partition coefficient (Wildman–Crippen LogP) is 1.01. The van der Waals surface area contributed by atoms with Gasteiger partial charge in [0.1, 0.15) is 5.75 Å². The van der Waals surface area contributed by atoms with E-state index in [9.17, 15) is 14.7 Å². The second-order valence-electron chi connectivity index (χ2n) is 3.60. The SMILES string of the molecule is CC(=O)OC(OC(C)=O)c1ccc(O)c(CO)c1. The van der Waals surface area contributed by atoms with Gasteiger partial charge in [0.05, 0.1) is 6.61 Å². The number of benzene rings is 1. The molecule has 0 aliphatic carbocycles. The van der Waals surface area contributed by atoms with Crippen LogP contribution < -0.4 is 0 Å². The third-order valence-electron chi connectivity index (χ3n) is 2.09. The minimum Gasteiger partial charge on any atom is -0.508 e. The van der Waals surface area contributed by atoms with E-state index < -0.39 is 18.2 Å². The van der Waals surface area contributed by atoms with E-state index >= 15 is 0 Å². The summed E-state index contributed by atoms with van der Waals surface area (Å²) in [5, 5.41) is 18.4. The van der Waals surface area contributed by atoms with Gasteiger partial charge in [-0.2, -0.15) is 0 Å². The standard InChI is InChI=1S/C12H14O6/c1-7(14)17-12(18-8(2)15)9-3-4-11(16)10(5-9)6-13/h3-5,12-13,16H,6H2,1-2H3. The molecule has 1 rings (SSSR count). The molecule has 0 saturated carbocycles. The molecule has 0 amide bonds. The van der Waals surface area contributed by atoms with Gasteiger partial charge >= 0.3 is 11.9 Å². The van der Waals surface area contributed by atoms with Gasteiger partial charge in [0, 0.05) is 25.0 Å². The number of ether oxygens (including phenoxy) is 2. The highest BCUT2D eigenvalue weighted by atomic mass is 16.7. The highest BCUT2D eigenvalue weighted by Crippen LogP contribution is 2.25. The molecule has 0 aliphatic heterocycles. The Balaban J connectivity index is 3.03. The Hall–Kier alpha value is -2.08. The molecule has 6 nitrogen and oxygen atoms in total. The fourth-order valence-electron chi connectivity index (χ4n) is 1.34. The Morgan fingerprint density at radius 1 is 1.22 bits per heavy atom. The number of phenols is 1. The largest absolute Gasteiger partial charge is 0.508 e. The van der Waals surface area contributed by atoms with E-state index in [0.29, 0.717) is 5.56 Å². The van der Waals surface area contributed by atoms with Gasteiger partial charge < -0.3 is 19.7 Å². The van der Waals surface area contributed by atoms with E-state index in [-0.39, 0.29) is 17.9 Å². The number of hydrogen-bond acceptors (Lipinski definition) is 6. The Morgan fingerprint density at radius 3 is 2.22 bits per heavy atom. The van der Waals surface area contributed by atoms with Crippen molar-refractivity contribution in [1.82, 2.24) is 0 Å². The summed E-state index contributed by atoms with van der Waals surface area (Å²) in [5.41, 5.74) is 0.596. The molecule has 0 bridgehead atoms. The summed E-state index contributed by atoms with van der Waals surface area (Å²) < 4.78 is 9.68. The Bertz CT molecular complexity index is 438. The zero-order valence-corrected chi connectivity index (χ0v) is 10.0. The molecule has 0 atom stereocenters. The van der Waals surface area contributed by atoms with Crippen molar-refractivity contribution < 1.29 is 29.3 Å². The van der Waals surface area contributed by atoms with Crippen molar-refractivity contribution >= 4 is 11.9 Å². The molecule has 18 heavy (non-hydrogen) atoms. The maximum Gasteiger partial charge on any atom is 0.305 e. The molecular formula is C12H14O6. The van der Waals surface area contributed by atoms with Crippen molar-refractivity contribution in [3.8, 4) is 5.75 Å². The number of carbonyl (C=O) groups is 2. The van der Waals surface area contributed by atoms with Crippen molar-refractivity contribution in [3.63, 3.8) is 0 Å². The molecular weight excluding hydrogens is 240 g/mol. The van der Waals surface area contributed by atoms with Gasteiger partial charge in [0.2, 0.25) is 0 Å². The van der Waals surface area contributed by atoms with Crippen LogP contribution in [0.25, 0.3) is 0 Å². The van der Waals surface area contributed by atoms with Gasteiger partial charge in [-0.3, -0.25) is 9.59 Å². The monoisotopic (exact) mass is 254 g/mol. The number of aliphatic hydroxyl groups excluding tert-OH is 1. The van der Waals surface area contributed by atoms with Gasteiger partial charge in [-0.15, -0.1) is 0 Å². The van der Waals surface area contributed by atoms with Gasteiger partial charge in [-0.1, -0.05) is 0 Å². The minimum atomic E-state index is -1.19. The lowest BCUT2D eigenvalue weighted by atomic mass is 10.1. The molecule has 1 aromatic rings. The van der Waals surface area contributed by atoms with E-state index in [4.69, 9.17) is 14.6 Å². The average Bonchev–Trinajstić information content (AvgIpc) is 2.27. The van der Waals surface area contributed by atoms with Crippen molar-refractivity contribution in [1.29, 1.82) is 0 Å². The van der Waals surface area contributed by atoms with Gasteiger partial charge in [0.15, 0.2) is 0 Å². The summed E-state index contributed by atoms with van der Waals surface area (Å²) in [4.78, 5) is 21.8. The van der Waals surface area contributed by atoms with Crippen LogP contribution >= 0.6 is 0 Å². The molecule has 2 N–H and O–H groups in total. The molecule has 1 aromatic carbocycles. The first kappa shape index (κ1) is 14.0. The maximum atomic E-state index is 10.9. The van der Waals surface area contributed by atoms with Crippen LogP contribution in [0.5, 0.6) is 5.75 Å². The zero-order chi connectivity index (χ0) is 13.7. The normalized spacial score (nSPS) is 10.2. The summed E-state index contributed by atoms with van der Waals surface area (Å²) in [6.45, 7) is 1.99. The molecule has 0 saturated heterocycles. The quantitative estimate of drug-likeness (QED) is 0.615. The van der Waals surface area contributed by atoms with Crippen molar-refractivity contribution in [2.45, 2.75) is 26.7 Å². The van der Waals surface area contributed by atoms with Crippen LogP contribution in [-0.4, -0.2) is 22.2 Å². The highest BCUT2D eigenvalue weighted by molar-refractivity contribution is 5.68. The van der Waals surface area contributed by atoms with Crippen LogP contribution in [0.4, 0.5) is 0 Å². The molecule has 0 radical (unpaired) electrons. The van der Waals surface area contributed by atoms with Crippen LogP contribution in [0.1, 0.15) is 31.3 Å². The van der Waals surface area contributed by atoms with Crippen LogP contribution in [-0.2, 0) is 25.7 Å². The molecule has 0 unspecified atom stereocenters. The van der Waals surface area contributed by atoms with E-state index in [1.807, 2.05) is 0 Å². The van der Waals surface area contributed by atoms with E-state index in [1.165, 1.54) is 32.0 Å². The van der Waals surface area contributed by atoms with Crippen molar-refractivity contribution in [2.24, 2.45) is 0 Å². The lowest BCUT2D eigenvalue weighted by Crippen LogP contribution is -2.15. The van der Waals surface area contributed by atoms with Gasteiger partial charge in [-0.05, 0) is 18.2 Å². The fraction of sp³-hybridized carbons (Fsp3) is 0.333. The smallest absolute Gasteiger partial charge is 0.305 e. The summed E-state index contributed by atoms with van der Waals surface area (Å²) in [6.07, 6.45) is -1.19. The van der Waals surface area contributed by atoms with Crippen LogP contribution in [0, 0.1) is 0 Å². The first-order valence-corrected chi connectivity index (χ1v) is 5.21. The van der Waals surface area contributed by atoms with Crippen molar-refractivity contribution in [3.05, 3.63) is 29.3 Å². The highest BCUT2D eigenvalue weighted by Gasteiger charge is 2.19. The molecule has 98 valence electrons. The molecule has 0 heterocycles. The number of aromatic hydroxyl groups is 1. The number of esters is 2. The minimum absolute atomic E-state index is 0.0920. The molecule has 0 aliphatic rings. The van der Waals surface area contributed by atoms with E-state index in [0.717, 1.165) is 0 Å². The maximum absolute atomic E-state index is 10.9. The Morgan fingerprint density at radius 2 is 1.78 bits per heavy atom. The van der Waals surface area contributed by atoms with Crippen molar-refractivity contribution in [2.75, 3.05) is 0 Å². The Labute approximate surface area is 104 Å². The van der Waals surface area contributed by atoms with Crippen LogP contribution in [0.3, 0.4) is 0 Å². The Kier molecular flexibility index (Phi) is 4.67. The number of aliphatic hydroxyl groups is 1. The van der Waals surface area contributed by atoms with E-state index in [1.54, 1.807) is 0 Å². The van der Waals surface area contributed by atoms with Gasteiger partial charge in [-0.25, -0.2) is 0 Å². The lowest BCUT2D eigenvalue weighted by molar-refractivity contribution is -0.186. The van der Waals surface area contributed by atoms with Gasteiger partial charge in [0.25, 0.3) is 6.29 Å². The van der Waals surface area contributed by atoms with E-state index in [2.05, 4.69) is 0 Å². The predicted molar refractivity (Wildman–Crippen MR) is 60.3 cm³/mol. The summed E-state index contributed by atoms with van der Waals surface area (Å²) >= 11 is 0. The number of rotatable bonds is 4. The summed E-state index contributed by atoms with van der Waals surface area (Å²) in [7, 11) is 0. The zero-order valence-electron chi connectivity index (χ0n) is 10.0. The first-order valence-electron chi connectivity index (χ1n) is 5.21. The second-order valence-corrected chi connectivity index (χ2v) is 3.60. The average molecular weight is 254 g/mol. The number of hydrogen-bond donors (Lipinski definition) is 2.